The Morgan fingerprint density at radius 1 is 1.23 bits per heavy atom. The molecule has 4 nitrogen and oxygen atoms in total. The molecule has 2 aromatic carbocycles. The number of hydrogen-bond donors (Lipinski definition) is 1. The molecule has 2 aromatic rings. The second-order valence-corrected chi connectivity index (χ2v) is 4.77. The molecule has 0 spiro atoms. The van der Waals surface area contributed by atoms with Gasteiger partial charge in [0.25, 0.3) is 5.91 Å². The topological polar surface area (TPSA) is 55.4 Å². The lowest BCUT2D eigenvalue weighted by Gasteiger charge is -2.06. The SMILES string of the molecule is COc1cc(F)ccc1C(=O)/C=C1\C(=O)Nc2ccccc21. The molecule has 1 aliphatic heterocycles. The number of fused-ring (bicyclic) bond motifs is 1. The fraction of sp³-hybridized carbons (Fsp3) is 0.0588. The fourth-order valence-electron chi connectivity index (χ4n) is 2.36. The summed E-state index contributed by atoms with van der Waals surface area (Å²) in [4.78, 5) is 24.4. The van der Waals surface area contributed by atoms with E-state index in [-0.39, 0.29) is 22.8 Å². The number of allylic oxidation sites excluding steroid dienone is 1. The minimum atomic E-state index is -0.495. The van der Waals surface area contributed by atoms with Crippen LogP contribution in [0.1, 0.15) is 15.9 Å². The molecular weight excluding hydrogens is 285 g/mol. The van der Waals surface area contributed by atoms with Crippen LogP contribution in [0.2, 0.25) is 0 Å². The normalized spacial score (nSPS) is 14.6. The van der Waals surface area contributed by atoms with Gasteiger partial charge in [0, 0.05) is 17.3 Å². The smallest absolute Gasteiger partial charge is 0.256 e. The highest BCUT2D eigenvalue weighted by Crippen LogP contribution is 2.32. The Bertz CT molecular complexity index is 811. The van der Waals surface area contributed by atoms with E-state index in [9.17, 15) is 14.0 Å². The molecule has 0 atom stereocenters. The molecule has 0 bridgehead atoms. The summed E-state index contributed by atoms with van der Waals surface area (Å²) < 4.78 is 18.2. The van der Waals surface area contributed by atoms with Gasteiger partial charge in [0.1, 0.15) is 11.6 Å². The summed E-state index contributed by atoms with van der Waals surface area (Å²) in [6, 6.07) is 10.8. The largest absolute Gasteiger partial charge is 0.496 e. The van der Waals surface area contributed by atoms with Crippen molar-refractivity contribution >= 4 is 23.0 Å². The van der Waals surface area contributed by atoms with Crippen molar-refractivity contribution in [2.24, 2.45) is 0 Å². The number of para-hydroxylation sites is 1. The summed E-state index contributed by atoms with van der Waals surface area (Å²) in [5, 5.41) is 2.69. The van der Waals surface area contributed by atoms with Gasteiger partial charge >= 0.3 is 0 Å². The number of amides is 1. The lowest BCUT2D eigenvalue weighted by molar-refractivity contribution is -0.110. The van der Waals surface area contributed by atoms with Crippen molar-refractivity contribution in [2.45, 2.75) is 0 Å². The highest BCUT2D eigenvalue weighted by molar-refractivity contribution is 6.35. The van der Waals surface area contributed by atoms with E-state index in [1.165, 1.54) is 25.3 Å². The number of benzene rings is 2. The van der Waals surface area contributed by atoms with Gasteiger partial charge in [-0.3, -0.25) is 9.59 Å². The van der Waals surface area contributed by atoms with Crippen LogP contribution < -0.4 is 10.1 Å². The van der Waals surface area contributed by atoms with Crippen LogP contribution in [0.3, 0.4) is 0 Å². The molecule has 1 aliphatic rings. The van der Waals surface area contributed by atoms with E-state index in [1.54, 1.807) is 24.3 Å². The molecule has 3 rings (SSSR count). The zero-order valence-electron chi connectivity index (χ0n) is 11.7. The number of methoxy groups -OCH3 is 1. The molecule has 22 heavy (non-hydrogen) atoms. The van der Waals surface area contributed by atoms with Gasteiger partial charge in [-0.05, 0) is 24.3 Å². The monoisotopic (exact) mass is 297 g/mol. The molecule has 1 N–H and O–H groups in total. The number of anilines is 1. The summed E-state index contributed by atoms with van der Waals surface area (Å²) in [5.41, 5.74) is 1.82. The van der Waals surface area contributed by atoms with Crippen molar-refractivity contribution in [3.8, 4) is 5.75 Å². The summed E-state index contributed by atoms with van der Waals surface area (Å²) >= 11 is 0. The molecule has 0 fully saturated rings. The first-order valence-corrected chi connectivity index (χ1v) is 6.60. The molecule has 1 amide bonds. The summed E-state index contributed by atoms with van der Waals surface area (Å²) in [6.45, 7) is 0. The Kier molecular flexibility index (Phi) is 3.47. The van der Waals surface area contributed by atoms with Crippen LogP contribution in [0.4, 0.5) is 10.1 Å². The molecule has 110 valence electrons. The lowest BCUT2D eigenvalue weighted by Crippen LogP contribution is -2.06. The van der Waals surface area contributed by atoms with Gasteiger partial charge in [-0.2, -0.15) is 0 Å². The predicted octanol–water partition coefficient (Wildman–Crippen LogP) is 3.05. The van der Waals surface area contributed by atoms with Crippen molar-refractivity contribution in [2.75, 3.05) is 12.4 Å². The number of carbonyl (C=O) groups is 2. The summed E-state index contributed by atoms with van der Waals surface area (Å²) in [6.07, 6.45) is 1.25. The number of halogens is 1. The standard InChI is InChI=1S/C17H12FNO3/c1-22-16-8-10(18)6-7-12(16)15(20)9-13-11-4-2-3-5-14(11)19-17(13)21/h2-9H,1H3,(H,19,21)/b13-9-. The van der Waals surface area contributed by atoms with Gasteiger partial charge in [0.15, 0.2) is 5.78 Å². The summed E-state index contributed by atoms with van der Waals surface area (Å²) in [7, 11) is 1.36. The predicted molar refractivity (Wildman–Crippen MR) is 80.3 cm³/mol. The van der Waals surface area contributed by atoms with E-state index in [4.69, 9.17) is 4.74 Å². The van der Waals surface area contributed by atoms with Gasteiger partial charge in [-0.25, -0.2) is 4.39 Å². The molecular formula is C17H12FNO3. The van der Waals surface area contributed by atoms with Crippen molar-refractivity contribution in [3.63, 3.8) is 0 Å². The third-order valence-electron chi connectivity index (χ3n) is 3.41. The molecule has 0 saturated carbocycles. The lowest BCUT2D eigenvalue weighted by atomic mass is 10.0. The number of ether oxygens (including phenoxy) is 1. The molecule has 0 aliphatic carbocycles. The van der Waals surface area contributed by atoms with Crippen LogP contribution in [-0.2, 0) is 4.79 Å². The number of ketones is 1. The maximum atomic E-state index is 13.2. The average Bonchev–Trinajstić information content (AvgIpc) is 2.83. The first-order chi connectivity index (χ1) is 10.6. The van der Waals surface area contributed by atoms with E-state index in [1.807, 2.05) is 0 Å². The van der Waals surface area contributed by atoms with Crippen LogP contribution in [0, 0.1) is 5.82 Å². The second kappa shape index (κ2) is 5.44. The molecule has 0 aromatic heterocycles. The minimum Gasteiger partial charge on any atom is -0.496 e. The molecule has 5 heteroatoms. The highest BCUT2D eigenvalue weighted by Gasteiger charge is 2.25. The van der Waals surface area contributed by atoms with E-state index < -0.39 is 11.6 Å². The van der Waals surface area contributed by atoms with Crippen molar-refractivity contribution in [1.29, 1.82) is 0 Å². The van der Waals surface area contributed by atoms with E-state index >= 15 is 0 Å². The second-order valence-electron chi connectivity index (χ2n) is 4.77. The quantitative estimate of drug-likeness (QED) is 0.700. The Balaban J connectivity index is 2.02. The van der Waals surface area contributed by atoms with Crippen molar-refractivity contribution in [1.82, 2.24) is 0 Å². The minimum absolute atomic E-state index is 0.133. The Hall–Kier alpha value is -2.95. The van der Waals surface area contributed by atoms with Gasteiger partial charge < -0.3 is 10.1 Å². The zero-order valence-corrected chi connectivity index (χ0v) is 11.7. The fourth-order valence-corrected chi connectivity index (χ4v) is 2.36. The molecule has 1 heterocycles. The van der Waals surface area contributed by atoms with Gasteiger partial charge in [-0.1, -0.05) is 18.2 Å². The van der Waals surface area contributed by atoms with Crippen LogP contribution in [0.5, 0.6) is 5.75 Å². The Morgan fingerprint density at radius 3 is 2.77 bits per heavy atom. The van der Waals surface area contributed by atoms with E-state index in [0.717, 1.165) is 6.07 Å². The van der Waals surface area contributed by atoms with Gasteiger partial charge in [0.2, 0.25) is 0 Å². The number of nitrogens with one attached hydrogen (secondary N) is 1. The number of hydrogen-bond acceptors (Lipinski definition) is 3. The van der Waals surface area contributed by atoms with Crippen LogP contribution in [0.25, 0.3) is 5.57 Å². The van der Waals surface area contributed by atoms with Crippen LogP contribution in [-0.4, -0.2) is 18.8 Å². The van der Waals surface area contributed by atoms with Crippen molar-refractivity contribution in [3.05, 3.63) is 65.5 Å². The molecule has 0 radical (unpaired) electrons. The Labute approximate surface area is 126 Å². The van der Waals surface area contributed by atoms with Crippen molar-refractivity contribution < 1.29 is 18.7 Å². The van der Waals surface area contributed by atoms with Crippen LogP contribution in [0.15, 0.2) is 48.5 Å². The van der Waals surface area contributed by atoms with Crippen LogP contribution >= 0.6 is 0 Å². The third-order valence-corrected chi connectivity index (χ3v) is 3.41. The Morgan fingerprint density at radius 2 is 2.00 bits per heavy atom. The maximum Gasteiger partial charge on any atom is 0.256 e. The summed E-state index contributed by atoms with van der Waals surface area (Å²) in [5.74, 6) is -1.12. The maximum absolute atomic E-state index is 13.2. The molecule has 0 saturated heterocycles. The van der Waals surface area contributed by atoms with Gasteiger partial charge in [-0.15, -0.1) is 0 Å². The molecule has 0 unspecified atom stereocenters. The first-order valence-electron chi connectivity index (χ1n) is 6.60. The van der Waals surface area contributed by atoms with E-state index in [2.05, 4.69) is 5.32 Å². The average molecular weight is 297 g/mol. The highest BCUT2D eigenvalue weighted by atomic mass is 19.1. The number of carbonyl (C=O) groups excluding carboxylic acids is 2. The zero-order chi connectivity index (χ0) is 15.7. The number of rotatable bonds is 3. The van der Waals surface area contributed by atoms with E-state index in [0.29, 0.717) is 11.3 Å². The first kappa shape index (κ1) is 14.0. The van der Waals surface area contributed by atoms with Gasteiger partial charge in [0.05, 0.1) is 18.2 Å². The third kappa shape index (κ3) is 2.37.